The molecule has 3 rings (SSSR count). The Hall–Kier alpha value is -3.06. The molecule has 0 saturated carbocycles. The number of piperidine rings is 1. The van der Waals surface area contributed by atoms with Crippen LogP contribution in [0.3, 0.4) is 0 Å². The molecule has 0 radical (unpaired) electrons. The lowest BCUT2D eigenvalue weighted by molar-refractivity contribution is -0.137. The van der Waals surface area contributed by atoms with Crippen LogP contribution in [0.5, 0.6) is 0 Å². The number of anilines is 2. The molecule has 1 fully saturated rings. The van der Waals surface area contributed by atoms with Gasteiger partial charge in [-0.2, -0.15) is 17.6 Å². The number of aliphatic hydroxyl groups excluding tert-OH is 1. The molecule has 1 aliphatic rings. The summed E-state index contributed by atoms with van der Waals surface area (Å²) in [6, 6.07) is 2.20. The van der Waals surface area contributed by atoms with Crippen LogP contribution in [0, 0.1) is 17.6 Å². The third-order valence-corrected chi connectivity index (χ3v) is 5.91. The van der Waals surface area contributed by atoms with Crippen molar-refractivity contribution in [2.24, 2.45) is 11.7 Å². The van der Waals surface area contributed by atoms with Gasteiger partial charge in [0.15, 0.2) is 11.6 Å². The van der Waals surface area contributed by atoms with Crippen molar-refractivity contribution in [3.8, 4) is 0 Å². The summed E-state index contributed by atoms with van der Waals surface area (Å²) < 4.78 is 67.9. The second kappa shape index (κ2) is 11.1. The molecule has 35 heavy (non-hydrogen) atoms. The summed E-state index contributed by atoms with van der Waals surface area (Å²) in [5.41, 5.74) is 4.03. The van der Waals surface area contributed by atoms with Crippen LogP contribution >= 0.6 is 0 Å². The molecule has 4 N–H and O–H groups in total. The van der Waals surface area contributed by atoms with E-state index in [4.69, 9.17) is 5.73 Å². The van der Waals surface area contributed by atoms with E-state index in [2.05, 4.69) is 15.3 Å². The highest BCUT2D eigenvalue weighted by Gasteiger charge is 2.32. The Bertz CT molecular complexity index is 1040. The molecule has 1 amide bonds. The summed E-state index contributed by atoms with van der Waals surface area (Å²) in [4.78, 5) is 22.0. The van der Waals surface area contributed by atoms with Crippen LogP contribution in [0.15, 0.2) is 24.5 Å². The maximum absolute atomic E-state index is 15.2. The number of carbonyl (C=O) groups is 1. The lowest BCUT2D eigenvalue weighted by Crippen LogP contribution is -2.48. The largest absolute Gasteiger partial charge is 0.416 e. The van der Waals surface area contributed by atoms with Gasteiger partial charge < -0.3 is 21.1 Å². The lowest BCUT2D eigenvalue weighted by Gasteiger charge is -2.35. The van der Waals surface area contributed by atoms with Gasteiger partial charge in [-0.05, 0) is 32.0 Å². The fourth-order valence-corrected chi connectivity index (χ4v) is 3.97. The average Bonchev–Trinajstić information content (AvgIpc) is 2.78. The number of benzene rings is 1. The first-order valence-corrected chi connectivity index (χ1v) is 11.0. The maximum Gasteiger partial charge on any atom is 0.416 e. The smallest absolute Gasteiger partial charge is 0.391 e. The third kappa shape index (κ3) is 6.75. The first-order valence-electron chi connectivity index (χ1n) is 11.0. The maximum atomic E-state index is 15.2. The van der Waals surface area contributed by atoms with E-state index in [1.165, 1.54) is 4.90 Å². The molecule has 0 bridgehead atoms. The summed E-state index contributed by atoms with van der Waals surface area (Å²) in [6.07, 6.45) is -3.75. The second-order valence-corrected chi connectivity index (χ2v) is 8.38. The van der Waals surface area contributed by atoms with Crippen molar-refractivity contribution in [2.45, 2.75) is 32.2 Å². The number of carbonyl (C=O) groups excluding carboxylic acids is 1. The predicted molar refractivity (Wildman–Crippen MR) is 118 cm³/mol. The van der Waals surface area contributed by atoms with E-state index < -0.39 is 35.4 Å². The number of nitrogens with two attached hydrogens (primary N) is 1. The summed E-state index contributed by atoms with van der Waals surface area (Å²) in [5, 5.41) is 13.2. The van der Waals surface area contributed by atoms with Crippen LogP contribution in [0.4, 0.5) is 33.6 Å². The van der Waals surface area contributed by atoms with Crippen molar-refractivity contribution >= 4 is 17.5 Å². The number of aliphatic hydroxyl groups is 1. The molecular formula is C22H27F5N6O2. The fraction of sp³-hybridized carbons (Fsp3) is 0.500. The molecule has 2 aromatic rings. The molecule has 192 valence electrons. The number of nitrogens with zero attached hydrogens (tertiary/aromatic N) is 4. The number of amides is 1. The van der Waals surface area contributed by atoms with Crippen LogP contribution in [-0.4, -0.2) is 64.7 Å². The van der Waals surface area contributed by atoms with Gasteiger partial charge >= 0.3 is 6.18 Å². The predicted octanol–water partition coefficient (Wildman–Crippen LogP) is 2.38. The highest BCUT2D eigenvalue weighted by Crippen LogP contribution is 2.31. The minimum absolute atomic E-state index is 0.0433. The first kappa shape index (κ1) is 26.5. The molecule has 0 spiro atoms. The fourth-order valence-electron chi connectivity index (χ4n) is 3.97. The van der Waals surface area contributed by atoms with Crippen molar-refractivity contribution in [2.75, 3.05) is 42.9 Å². The van der Waals surface area contributed by atoms with Gasteiger partial charge in [-0.1, -0.05) is 6.07 Å². The van der Waals surface area contributed by atoms with Gasteiger partial charge in [0.1, 0.15) is 12.1 Å². The monoisotopic (exact) mass is 502 g/mol. The Balaban J connectivity index is 1.68. The van der Waals surface area contributed by atoms with Gasteiger partial charge in [0.2, 0.25) is 11.7 Å². The van der Waals surface area contributed by atoms with Gasteiger partial charge in [-0.25, -0.2) is 14.4 Å². The van der Waals surface area contributed by atoms with Gasteiger partial charge in [0, 0.05) is 37.7 Å². The summed E-state index contributed by atoms with van der Waals surface area (Å²) >= 11 is 0. The standard InChI is InChI=1S/C22H27F5N6O2/c1-2-33(9-14-3-4-15(7-16(14)23)22(25,26)27)21-19(24)20(30-12-31-21)29-8-13-5-6-32(10-17(13)34)11-18(28)35/h3-4,7,12-13,17,34H,2,5-6,8-11H2,1H3,(H2,28,35)(H,29,30,31)/t13-,17+/m1/s1. The van der Waals surface area contributed by atoms with E-state index in [9.17, 15) is 27.5 Å². The highest BCUT2D eigenvalue weighted by molar-refractivity contribution is 5.75. The van der Waals surface area contributed by atoms with E-state index in [1.54, 1.807) is 11.8 Å². The van der Waals surface area contributed by atoms with Gasteiger partial charge in [0.25, 0.3) is 0 Å². The zero-order valence-corrected chi connectivity index (χ0v) is 19.0. The number of rotatable bonds is 9. The van der Waals surface area contributed by atoms with Crippen LogP contribution in [0.25, 0.3) is 0 Å². The first-order chi connectivity index (χ1) is 16.5. The Kier molecular flexibility index (Phi) is 8.43. The van der Waals surface area contributed by atoms with E-state index in [-0.39, 0.29) is 55.8 Å². The molecule has 0 unspecified atom stereocenters. The van der Waals surface area contributed by atoms with Crippen LogP contribution in [0.1, 0.15) is 24.5 Å². The molecule has 2 atom stereocenters. The van der Waals surface area contributed by atoms with E-state index >= 15 is 4.39 Å². The van der Waals surface area contributed by atoms with Crippen LogP contribution < -0.4 is 16.0 Å². The molecular weight excluding hydrogens is 475 g/mol. The molecule has 1 aromatic carbocycles. The Labute approximate surface area is 198 Å². The molecule has 1 aromatic heterocycles. The SMILES string of the molecule is CCN(Cc1ccc(C(F)(F)F)cc1F)c1ncnc(NC[C@H]2CCN(CC(N)=O)C[C@@H]2O)c1F. The van der Waals surface area contributed by atoms with Crippen molar-refractivity contribution in [3.05, 3.63) is 47.3 Å². The van der Waals surface area contributed by atoms with Crippen LogP contribution in [-0.2, 0) is 17.5 Å². The molecule has 13 heteroatoms. The number of β-amino-alcohol motifs (C(OH)–C–C–N with tert-alkyl or cyclic N) is 1. The van der Waals surface area contributed by atoms with E-state index in [0.29, 0.717) is 19.0 Å². The molecule has 8 nitrogen and oxygen atoms in total. The molecule has 1 aliphatic heterocycles. The van der Waals surface area contributed by atoms with Crippen molar-refractivity contribution < 1.29 is 31.9 Å². The number of hydrogen-bond acceptors (Lipinski definition) is 7. The van der Waals surface area contributed by atoms with Crippen LogP contribution in [0.2, 0.25) is 0 Å². The average molecular weight is 502 g/mol. The minimum Gasteiger partial charge on any atom is -0.391 e. The molecule has 0 aliphatic carbocycles. The topological polar surface area (TPSA) is 108 Å². The number of halogens is 5. The quantitative estimate of drug-likeness (QED) is 0.452. The normalized spacial score (nSPS) is 18.9. The number of hydrogen-bond donors (Lipinski definition) is 3. The number of primary amides is 1. The Morgan fingerprint density at radius 3 is 2.66 bits per heavy atom. The van der Waals surface area contributed by atoms with Gasteiger partial charge in [-0.15, -0.1) is 0 Å². The number of likely N-dealkylation sites (tertiary alicyclic amines) is 1. The van der Waals surface area contributed by atoms with E-state index in [0.717, 1.165) is 18.5 Å². The van der Waals surface area contributed by atoms with E-state index in [1.807, 2.05) is 0 Å². The zero-order chi connectivity index (χ0) is 25.8. The number of nitrogens with one attached hydrogen (secondary N) is 1. The molecule has 1 saturated heterocycles. The van der Waals surface area contributed by atoms with Crippen molar-refractivity contribution in [1.82, 2.24) is 14.9 Å². The summed E-state index contributed by atoms with van der Waals surface area (Å²) in [7, 11) is 0. The van der Waals surface area contributed by atoms with Gasteiger partial charge in [-0.3, -0.25) is 9.69 Å². The Morgan fingerprint density at radius 2 is 2.06 bits per heavy atom. The summed E-state index contributed by atoms with van der Waals surface area (Å²) in [6.45, 7) is 2.73. The number of alkyl halides is 3. The number of aromatic nitrogens is 2. The van der Waals surface area contributed by atoms with Crippen molar-refractivity contribution in [3.63, 3.8) is 0 Å². The Morgan fingerprint density at radius 1 is 1.31 bits per heavy atom. The minimum atomic E-state index is -4.67. The zero-order valence-electron chi connectivity index (χ0n) is 19.0. The van der Waals surface area contributed by atoms with Crippen molar-refractivity contribution in [1.29, 1.82) is 0 Å². The molecule has 2 heterocycles. The summed E-state index contributed by atoms with van der Waals surface area (Å²) in [5.74, 6) is -2.82. The third-order valence-electron chi connectivity index (χ3n) is 5.91. The second-order valence-electron chi connectivity index (χ2n) is 8.38. The lowest BCUT2D eigenvalue weighted by atomic mass is 9.93. The van der Waals surface area contributed by atoms with Gasteiger partial charge in [0.05, 0.1) is 18.2 Å². The highest BCUT2D eigenvalue weighted by atomic mass is 19.4.